The minimum Gasteiger partial charge on any atom is -0.508 e. The molecule has 10 atom stereocenters. The Hall–Kier alpha value is -5.87. The number of hydrogen-bond donors (Lipinski definition) is 8. The first-order valence-corrected chi connectivity index (χ1v) is 34.1. The predicted molar refractivity (Wildman–Crippen MR) is 339 cm³/mol. The number of nitrogens with one attached hydrogen (secondary N) is 5. The number of carbonyl (C=O) groups excluding carboxylic acids is 9. The highest BCUT2D eigenvalue weighted by Gasteiger charge is 2.39. The number of aliphatic carboxylic acids is 1. The zero-order valence-corrected chi connectivity index (χ0v) is 55.4. The topological polar surface area (TPSA) is 344 Å². The number of phenols is 1. The summed E-state index contributed by atoms with van der Waals surface area (Å²) in [5.41, 5.74) is 11.3. The number of rotatable bonds is 41. The van der Waals surface area contributed by atoms with Crippen LogP contribution < -0.4 is 32.5 Å². The largest absolute Gasteiger partial charge is 0.508 e. The molecule has 1 aromatic heterocycles. The lowest BCUT2D eigenvalue weighted by molar-refractivity contribution is -0.159. The van der Waals surface area contributed by atoms with Crippen LogP contribution in [0.1, 0.15) is 173 Å². The van der Waals surface area contributed by atoms with Crippen molar-refractivity contribution in [1.82, 2.24) is 41.6 Å². The highest BCUT2D eigenvalue weighted by Crippen LogP contribution is 2.31. The molecule has 88 heavy (non-hydrogen) atoms. The molecular weight excluding hydrogens is 1190 g/mol. The Morgan fingerprint density at radius 3 is 2.19 bits per heavy atom. The van der Waals surface area contributed by atoms with Gasteiger partial charge in [-0.1, -0.05) is 102 Å². The first-order chi connectivity index (χ1) is 41.8. The number of phenolic OH excluding ortho intramolecular Hbond substituents is 1. The molecule has 0 bridgehead atoms. The number of nitrogens with two attached hydrogens (primary N) is 1. The fourth-order valence-corrected chi connectivity index (χ4v) is 12.8. The van der Waals surface area contributed by atoms with Crippen molar-refractivity contribution in [3.8, 4) is 5.75 Å². The van der Waals surface area contributed by atoms with Gasteiger partial charge in [-0.25, -0.2) is 15.2 Å². The molecule has 494 valence electrons. The average molecular weight is 1290 g/mol. The van der Waals surface area contributed by atoms with E-state index in [0.717, 1.165) is 24.9 Å². The minimum absolute atomic E-state index is 0.0470. The van der Waals surface area contributed by atoms with Crippen molar-refractivity contribution in [3.05, 3.63) is 45.9 Å². The molecule has 3 rings (SSSR count). The quantitative estimate of drug-likeness (QED) is 0.0113. The predicted octanol–water partition coefficient (Wildman–Crippen LogP) is 6.68. The summed E-state index contributed by atoms with van der Waals surface area (Å²) in [4.78, 5) is 141. The van der Waals surface area contributed by atoms with Crippen LogP contribution >= 0.6 is 32.9 Å². The van der Waals surface area contributed by atoms with Crippen molar-refractivity contribution >= 4 is 92.1 Å². The fourth-order valence-electron chi connectivity index (χ4n) is 9.88. The second-order valence-corrected chi connectivity index (χ2v) is 26.4. The van der Waals surface area contributed by atoms with Gasteiger partial charge in [0.15, 0.2) is 12.5 Å². The van der Waals surface area contributed by atoms with E-state index in [1.54, 1.807) is 36.3 Å². The summed E-state index contributed by atoms with van der Waals surface area (Å²) in [5.74, 6) is -7.19. The van der Waals surface area contributed by atoms with Crippen molar-refractivity contribution in [2.45, 2.75) is 194 Å². The number of Topliss-reactive ketones (excluding diaryl/α,β-unsaturated/α-hetero) is 2. The number of hydrazine groups is 1. The SMILES string of the molecule is CCCC(=O)OCN(C(=O)[C@@H](NC(=O)[C@H]1CCCCN1C)C(C)CC)[C@H](C[C@@H](C)c1nc(C(=O)N[C@@H](Cc2ccc(O)cc2)C[C@H](C)C(=O)NNC(=O)OCCSSC[C@H](NC(=O)[C@H](CC(=O)O)CC(=O)[C@@H](N)CC)C(=O)CCCOCC)cs1)C(C)C. The van der Waals surface area contributed by atoms with Gasteiger partial charge in [0.1, 0.15) is 29.9 Å². The zero-order valence-electron chi connectivity index (χ0n) is 52.9. The monoisotopic (exact) mass is 1290 g/mol. The van der Waals surface area contributed by atoms with E-state index in [4.69, 9.17) is 24.9 Å². The summed E-state index contributed by atoms with van der Waals surface area (Å²) in [7, 11) is 4.36. The summed E-state index contributed by atoms with van der Waals surface area (Å²) in [6, 6.07) is 2.20. The Morgan fingerprint density at radius 1 is 0.841 bits per heavy atom. The zero-order chi connectivity index (χ0) is 65.5. The Bertz CT molecular complexity index is 2560. The number of ether oxygens (including phenoxy) is 3. The van der Waals surface area contributed by atoms with E-state index < -0.39 is 96.4 Å². The molecule has 6 amide bonds. The Morgan fingerprint density at radius 2 is 1.56 bits per heavy atom. The van der Waals surface area contributed by atoms with Crippen LogP contribution in [-0.4, -0.2) is 172 Å². The van der Waals surface area contributed by atoms with Crippen LogP contribution in [-0.2, 0) is 59.0 Å². The number of thiazole rings is 1. The van der Waals surface area contributed by atoms with Gasteiger partial charge in [0.05, 0.1) is 35.5 Å². The molecular formula is C61H97N9O15S3. The number of benzene rings is 1. The smallest absolute Gasteiger partial charge is 0.426 e. The van der Waals surface area contributed by atoms with E-state index in [0.29, 0.717) is 56.7 Å². The normalized spacial score (nSPS) is 16.5. The van der Waals surface area contributed by atoms with Gasteiger partial charge in [-0.05, 0) is 101 Å². The van der Waals surface area contributed by atoms with E-state index >= 15 is 0 Å². The third kappa shape index (κ3) is 27.1. The van der Waals surface area contributed by atoms with Crippen LogP contribution in [0.2, 0.25) is 0 Å². The molecule has 27 heteroatoms. The number of esters is 1. The number of ketones is 2. The number of carboxylic acids is 1. The average Bonchev–Trinajstić information content (AvgIpc) is 4.13. The highest BCUT2D eigenvalue weighted by molar-refractivity contribution is 8.76. The van der Waals surface area contributed by atoms with Crippen LogP contribution in [0.15, 0.2) is 29.6 Å². The van der Waals surface area contributed by atoms with E-state index in [1.165, 1.54) is 45.1 Å². The number of piperidine rings is 1. The lowest BCUT2D eigenvalue weighted by Crippen LogP contribution is -2.59. The Kier molecular flexibility index (Phi) is 35.3. The summed E-state index contributed by atoms with van der Waals surface area (Å²) < 4.78 is 16.3. The van der Waals surface area contributed by atoms with Gasteiger partial charge in [-0.15, -0.1) is 11.3 Å². The first-order valence-electron chi connectivity index (χ1n) is 30.7. The molecule has 2 aromatic rings. The second kappa shape index (κ2) is 40.7. The Balaban J connectivity index is 1.67. The van der Waals surface area contributed by atoms with E-state index in [-0.39, 0.29) is 103 Å². The lowest BCUT2D eigenvalue weighted by Gasteiger charge is -2.39. The highest BCUT2D eigenvalue weighted by atomic mass is 33.1. The minimum atomic E-state index is -1.29. The molecule has 1 fully saturated rings. The molecule has 1 saturated heterocycles. The summed E-state index contributed by atoms with van der Waals surface area (Å²) >= 11 is 1.28. The molecule has 9 N–H and O–H groups in total. The van der Waals surface area contributed by atoms with Gasteiger partial charge in [0.25, 0.3) is 5.91 Å². The third-order valence-electron chi connectivity index (χ3n) is 15.5. The maximum atomic E-state index is 14.9. The molecule has 0 radical (unpaired) electrons. The molecule has 1 unspecified atom stereocenters. The van der Waals surface area contributed by atoms with Crippen molar-refractivity contribution in [2.24, 2.45) is 29.4 Å². The van der Waals surface area contributed by atoms with Crippen molar-refractivity contribution in [3.63, 3.8) is 0 Å². The van der Waals surface area contributed by atoms with Gasteiger partial charge < -0.3 is 51.0 Å². The molecule has 0 saturated carbocycles. The van der Waals surface area contributed by atoms with Crippen molar-refractivity contribution in [1.29, 1.82) is 0 Å². The maximum absolute atomic E-state index is 14.9. The van der Waals surface area contributed by atoms with E-state index in [9.17, 15) is 58.2 Å². The molecule has 2 heterocycles. The molecule has 1 aliphatic heterocycles. The molecule has 24 nitrogen and oxygen atoms in total. The van der Waals surface area contributed by atoms with E-state index in [2.05, 4.69) is 26.8 Å². The summed E-state index contributed by atoms with van der Waals surface area (Å²) in [6.45, 7) is 18.0. The van der Waals surface area contributed by atoms with Crippen LogP contribution in [0.3, 0.4) is 0 Å². The number of aromatic nitrogens is 1. The van der Waals surface area contributed by atoms with Crippen molar-refractivity contribution in [2.75, 3.05) is 51.6 Å². The van der Waals surface area contributed by atoms with Crippen LogP contribution in [0.25, 0.3) is 0 Å². The van der Waals surface area contributed by atoms with E-state index in [1.807, 2.05) is 60.4 Å². The van der Waals surface area contributed by atoms with Crippen LogP contribution in [0.5, 0.6) is 5.75 Å². The number of aromatic hydroxyl groups is 1. The Labute approximate surface area is 530 Å². The number of hydrogen-bond acceptors (Lipinski definition) is 20. The molecule has 0 spiro atoms. The number of carbonyl (C=O) groups is 10. The lowest BCUT2D eigenvalue weighted by atomic mass is 9.90. The number of amides is 6. The third-order valence-corrected chi connectivity index (χ3v) is 18.9. The molecule has 1 aliphatic rings. The van der Waals surface area contributed by atoms with Crippen LogP contribution in [0, 0.1) is 23.7 Å². The number of nitrogens with zero attached hydrogens (tertiary/aromatic N) is 3. The fraction of sp³-hybridized carbons (Fsp3) is 0.689. The van der Waals surface area contributed by atoms with Crippen molar-refractivity contribution < 1.29 is 72.4 Å². The van der Waals surface area contributed by atoms with Gasteiger partial charge in [-0.2, -0.15) is 0 Å². The van der Waals surface area contributed by atoms with Gasteiger partial charge in [-0.3, -0.25) is 53.5 Å². The number of likely N-dealkylation sites (tertiary alicyclic amines) is 1. The number of likely N-dealkylation sites (N-methyl/N-ethyl adjacent to an activating group) is 1. The van der Waals surface area contributed by atoms with Gasteiger partial charge in [0.2, 0.25) is 23.6 Å². The van der Waals surface area contributed by atoms with Gasteiger partial charge in [0, 0.05) is 73.3 Å². The molecule has 0 aliphatic carbocycles. The maximum Gasteiger partial charge on any atom is 0.426 e. The first kappa shape index (κ1) is 76.4. The second-order valence-electron chi connectivity index (χ2n) is 22.9. The molecule has 1 aromatic carbocycles. The van der Waals surface area contributed by atoms with Crippen LogP contribution in [0.4, 0.5) is 4.79 Å². The number of carboxylic acid groups (broad SMARTS) is 1. The van der Waals surface area contributed by atoms with Gasteiger partial charge >= 0.3 is 18.0 Å². The summed E-state index contributed by atoms with van der Waals surface area (Å²) in [5, 5.41) is 30.5. The summed E-state index contributed by atoms with van der Waals surface area (Å²) in [6.07, 6.45) is 3.49. The standard InChI is InChI=1S/C61H97N9O15S3/c1-11-18-53(76)85-36-70(60(81)54(38(7)12-2)66-58(80)48-19-15-16-25-69(48)10)49(37(5)6)30-40(9)59-65-47(34-86-59)57(79)63-43(31-41-21-23-44(71)24-22-41)29-39(8)55(77)67-68-61(82)84-27-28-87-88-35-46(50(72)20-17-26-83-14-4)64-56(78)42(33-52(74)75)32-51(73)45(62)13-3/h21-24,34,37-40,42-43,45-46,48-49,54,71H,11-20,25-33,35-36,62H2,1-10H3,(H,63,79)(H,64,78)(H,66,80)(H,67,77)(H,68,82)(H,74,75)/t38?,39-,40+,42-,43+,45-,46-,48+,49+,54-/m0/s1.